The molecule has 4 atom stereocenters. The van der Waals surface area contributed by atoms with Gasteiger partial charge in [-0.1, -0.05) is 25.0 Å². The zero-order valence-electron chi connectivity index (χ0n) is 16.5. The van der Waals surface area contributed by atoms with Crippen LogP contribution in [0.2, 0.25) is 0 Å². The highest BCUT2D eigenvalue weighted by atomic mass is 19.1. The average Bonchev–Trinajstić information content (AvgIpc) is 2.92. The molecule has 2 fully saturated rings. The Morgan fingerprint density at radius 1 is 1.22 bits per heavy atom. The number of nitrogens with one attached hydrogen (secondary N) is 1. The minimum atomic E-state index is -0.435. The molecule has 1 saturated heterocycles. The number of hydrogen-bond donors (Lipinski definition) is 1. The van der Waals surface area contributed by atoms with Crippen LogP contribution in [0, 0.1) is 17.7 Å². The lowest BCUT2D eigenvalue weighted by Gasteiger charge is -2.35. The van der Waals surface area contributed by atoms with Crippen molar-refractivity contribution in [3.63, 3.8) is 0 Å². The molecule has 1 heterocycles. The van der Waals surface area contributed by atoms with Crippen LogP contribution in [0.1, 0.15) is 43.7 Å². The molecule has 148 valence electrons. The maximum Gasteiger partial charge on any atom is 0.226 e. The van der Waals surface area contributed by atoms with E-state index < -0.39 is 5.92 Å². The van der Waals surface area contributed by atoms with E-state index in [1.165, 1.54) is 18.6 Å². The first-order valence-corrected chi connectivity index (χ1v) is 9.83. The number of benzene rings is 1. The molecule has 1 aromatic carbocycles. The molecule has 27 heavy (non-hydrogen) atoms. The maximum absolute atomic E-state index is 13.3. The second kappa shape index (κ2) is 8.38. The fourth-order valence-electron chi connectivity index (χ4n) is 4.60. The minimum Gasteiger partial charge on any atom is -0.353 e. The Bertz CT molecular complexity index is 677. The number of amides is 2. The largest absolute Gasteiger partial charge is 0.353 e. The van der Waals surface area contributed by atoms with E-state index in [0.717, 1.165) is 31.4 Å². The Labute approximate surface area is 160 Å². The summed E-state index contributed by atoms with van der Waals surface area (Å²) in [4.78, 5) is 29.2. The van der Waals surface area contributed by atoms with Crippen LogP contribution in [-0.2, 0) is 9.59 Å². The molecule has 1 N–H and O–H groups in total. The predicted octanol–water partition coefficient (Wildman–Crippen LogP) is 2.58. The van der Waals surface area contributed by atoms with Crippen LogP contribution in [-0.4, -0.2) is 55.3 Å². The molecule has 3 rings (SSSR count). The van der Waals surface area contributed by atoms with E-state index >= 15 is 0 Å². The standard InChI is InChI=1S/C21H30FN3O2/c1-24(2)13-15-6-4-5-7-18(15)23-21(27)17-12-19(26)25(3)20(17)14-8-10-16(22)11-9-14/h8-11,15,17-18,20H,4-7,12-13H2,1-3H3,(H,23,27). The topological polar surface area (TPSA) is 52.7 Å². The zero-order chi connectivity index (χ0) is 19.6. The number of rotatable bonds is 5. The fraction of sp³-hybridized carbons (Fsp3) is 0.619. The molecule has 1 saturated carbocycles. The third kappa shape index (κ3) is 4.49. The van der Waals surface area contributed by atoms with Crippen molar-refractivity contribution in [2.24, 2.45) is 11.8 Å². The molecule has 2 aliphatic rings. The monoisotopic (exact) mass is 375 g/mol. The lowest BCUT2D eigenvalue weighted by molar-refractivity contribution is -0.128. The van der Waals surface area contributed by atoms with Gasteiger partial charge in [-0.15, -0.1) is 0 Å². The van der Waals surface area contributed by atoms with Crippen LogP contribution < -0.4 is 5.32 Å². The molecule has 1 aromatic rings. The van der Waals surface area contributed by atoms with Crippen molar-refractivity contribution in [3.05, 3.63) is 35.6 Å². The van der Waals surface area contributed by atoms with Gasteiger partial charge in [-0.05, 0) is 50.6 Å². The van der Waals surface area contributed by atoms with Gasteiger partial charge in [-0.2, -0.15) is 0 Å². The van der Waals surface area contributed by atoms with Crippen LogP contribution in [0.25, 0.3) is 0 Å². The number of nitrogens with zero attached hydrogens (tertiary/aromatic N) is 2. The SMILES string of the molecule is CN(C)CC1CCCCC1NC(=O)C1CC(=O)N(C)C1c1ccc(F)cc1. The van der Waals surface area contributed by atoms with Gasteiger partial charge in [0.15, 0.2) is 0 Å². The number of likely N-dealkylation sites (tertiary alicyclic amines) is 1. The van der Waals surface area contributed by atoms with Crippen molar-refractivity contribution in [1.82, 2.24) is 15.1 Å². The molecule has 6 heteroatoms. The van der Waals surface area contributed by atoms with Crippen LogP contribution in [0.4, 0.5) is 4.39 Å². The van der Waals surface area contributed by atoms with Crippen LogP contribution in [0.5, 0.6) is 0 Å². The molecular formula is C21H30FN3O2. The predicted molar refractivity (Wildman–Crippen MR) is 102 cm³/mol. The molecule has 1 aliphatic carbocycles. The van der Waals surface area contributed by atoms with Gasteiger partial charge >= 0.3 is 0 Å². The molecular weight excluding hydrogens is 345 g/mol. The highest BCUT2D eigenvalue weighted by Gasteiger charge is 2.43. The van der Waals surface area contributed by atoms with E-state index in [1.54, 1.807) is 24.1 Å². The Hall–Kier alpha value is -1.95. The van der Waals surface area contributed by atoms with Crippen LogP contribution >= 0.6 is 0 Å². The smallest absolute Gasteiger partial charge is 0.226 e. The number of carbonyl (C=O) groups excluding carboxylic acids is 2. The quantitative estimate of drug-likeness (QED) is 0.861. The lowest BCUT2D eigenvalue weighted by Crippen LogP contribution is -2.48. The fourth-order valence-corrected chi connectivity index (χ4v) is 4.60. The summed E-state index contributed by atoms with van der Waals surface area (Å²) in [7, 11) is 5.84. The van der Waals surface area contributed by atoms with E-state index in [-0.39, 0.29) is 36.1 Å². The molecule has 0 radical (unpaired) electrons. The first-order chi connectivity index (χ1) is 12.9. The molecule has 2 amide bonds. The average molecular weight is 375 g/mol. The van der Waals surface area contributed by atoms with Crippen molar-refractivity contribution in [1.29, 1.82) is 0 Å². The van der Waals surface area contributed by atoms with E-state index in [1.807, 2.05) is 0 Å². The zero-order valence-corrected chi connectivity index (χ0v) is 16.5. The van der Waals surface area contributed by atoms with Crippen molar-refractivity contribution >= 4 is 11.8 Å². The summed E-state index contributed by atoms with van der Waals surface area (Å²) in [5.74, 6) is -0.414. The summed E-state index contributed by atoms with van der Waals surface area (Å²) in [5.41, 5.74) is 0.804. The molecule has 4 unspecified atom stereocenters. The van der Waals surface area contributed by atoms with Gasteiger partial charge in [0.25, 0.3) is 0 Å². The summed E-state index contributed by atoms with van der Waals surface area (Å²) in [6.45, 7) is 0.954. The van der Waals surface area contributed by atoms with Gasteiger partial charge in [-0.25, -0.2) is 4.39 Å². The summed E-state index contributed by atoms with van der Waals surface area (Å²) in [6.07, 6.45) is 4.64. The third-order valence-corrected chi connectivity index (χ3v) is 5.97. The Kier molecular flexibility index (Phi) is 6.15. The molecule has 0 aromatic heterocycles. The number of halogens is 1. The Balaban J connectivity index is 1.75. The minimum absolute atomic E-state index is 0.0436. The summed E-state index contributed by atoms with van der Waals surface area (Å²) in [5, 5.41) is 3.25. The Morgan fingerprint density at radius 2 is 1.89 bits per heavy atom. The van der Waals surface area contributed by atoms with E-state index in [4.69, 9.17) is 0 Å². The first-order valence-electron chi connectivity index (χ1n) is 9.83. The lowest BCUT2D eigenvalue weighted by atomic mass is 9.83. The molecule has 1 aliphatic heterocycles. The van der Waals surface area contributed by atoms with E-state index in [0.29, 0.717) is 5.92 Å². The van der Waals surface area contributed by atoms with E-state index in [2.05, 4.69) is 24.3 Å². The summed E-state index contributed by atoms with van der Waals surface area (Å²) < 4.78 is 13.3. The molecule has 0 bridgehead atoms. The maximum atomic E-state index is 13.3. The van der Waals surface area contributed by atoms with Crippen molar-refractivity contribution in [2.45, 2.75) is 44.2 Å². The summed E-state index contributed by atoms with van der Waals surface area (Å²) in [6, 6.07) is 5.93. The van der Waals surface area contributed by atoms with Gasteiger partial charge in [0.05, 0.1) is 12.0 Å². The summed E-state index contributed by atoms with van der Waals surface area (Å²) >= 11 is 0. The molecule has 0 spiro atoms. The van der Waals surface area contributed by atoms with Gasteiger partial charge in [0.1, 0.15) is 5.82 Å². The van der Waals surface area contributed by atoms with Gasteiger partial charge < -0.3 is 15.1 Å². The first kappa shape index (κ1) is 19.8. The van der Waals surface area contributed by atoms with Gasteiger partial charge in [0.2, 0.25) is 11.8 Å². The number of hydrogen-bond acceptors (Lipinski definition) is 3. The number of carbonyl (C=O) groups is 2. The normalized spacial score (nSPS) is 28.6. The van der Waals surface area contributed by atoms with Crippen LogP contribution in [0.15, 0.2) is 24.3 Å². The van der Waals surface area contributed by atoms with Gasteiger partial charge in [-0.3, -0.25) is 9.59 Å². The van der Waals surface area contributed by atoms with Crippen LogP contribution in [0.3, 0.4) is 0 Å². The second-order valence-electron chi connectivity index (χ2n) is 8.23. The third-order valence-electron chi connectivity index (χ3n) is 5.97. The Morgan fingerprint density at radius 3 is 2.56 bits per heavy atom. The van der Waals surface area contributed by atoms with Crippen molar-refractivity contribution < 1.29 is 14.0 Å². The molecule has 5 nitrogen and oxygen atoms in total. The highest BCUT2D eigenvalue weighted by Crippen LogP contribution is 2.37. The van der Waals surface area contributed by atoms with Crippen molar-refractivity contribution in [3.8, 4) is 0 Å². The second-order valence-corrected chi connectivity index (χ2v) is 8.23. The highest BCUT2D eigenvalue weighted by molar-refractivity contribution is 5.90. The van der Waals surface area contributed by atoms with Crippen molar-refractivity contribution in [2.75, 3.05) is 27.7 Å². The van der Waals surface area contributed by atoms with E-state index in [9.17, 15) is 14.0 Å². The van der Waals surface area contributed by atoms with Gasteiger partial charge in [0, 0.05) is 26.1 Å².